The number of benzene rings is 2. The molecular weight excluding hydrogens is 485 g/mol. The molecule has 1 aliphatic rings. The zero-order valence-electron chi connectivity index (χ0n) is 20.0. The number of alkyl halides is 3. The van der Waals surface area contributed by atoms with Crippen molar-refractivity contribution in [1.29, 1.82) is 0 Å². The normalized spacial score (nSPS) is 14.6. The number of morpholine rings is 1. The van der Waals surface area contributed by atoms with E-state index in [-0.39, 0.29) is 5.69 Å². The number of nitrogens with zero attached hydrogens (tertiary/aromatic N) is 4. The lowest BCUT2D eigenvalue weighted by Gasteiger charge is -2.27. The van der Waals surface area contributed by atoms with E-state index >= 15 is 0 Å². The summed E-state index contributed by atoms with van der Waals surface area (Å²) in [6, 6.07) is 11.1. The van der Waals surface area contributed by atoms with E-state index in [2.05, 4.69) is 20.6 Å². The number of aromatic nitrogens is 3. The summed E-state index contributed by atoms with van der Waals surface area (Å²) in [6.45, 7) is 3.70. The Kier molecular flexibility index (Phi) is 6.81. The summed E-state index contributed by atoms with van der Waals surface area (Å²) in [7, 11) is 1.87. The zero-order chi connectivity index (χ0) is 26.0. The molecule has 0 radical (unpaired) electrons. The number of carbonyl (C=O) groups is 1. The van der Waals surface area contributed by atoms with Crippen molar-refractivity contribution < 1.29 is 22.7 Å². The molecule has 8 nitrogen and oxygen atoms in total. The average Bonchev–Trinajstić information content (AvgIpc) is 3.25. The van der Waals surface area contributed by atoms with Gasteiger partial charge in [-0.15, -0.1) is 0 Å². The minimum Gasteiger partial charge on any atom is -0.379 e. The average molecular weight is 511 g/mol. The molecule has 1 saturated heterocycles. The minimum absolute atomic E-state index is 0.0472. The highest BCUT2D eigenvalue weighted by atomic mass is 19.4. The summed E-state index contributed by atoms with van der Waals surface area (Å²) in [5, 5.41) is 10.5. The van der Waals surface area contributed by atoms with Crippen molar-refractivity contribution in [2.75, 3.05) is 36.9 Å². The van der Waals surface area contributed by atoms with E-state index in [1.807, 2.05) is 31.6 Å². The first kappa shape index (κ1) is 24.7. The van der Waals surface area contributed by atoms with Gasteiger partial charge in [-0.25, -0.2) is 4.79 Å². The predicted molar refractivity (Wildman–Crippen MR) is 134 cm³/mol. The zero-order valence-corrected chi connectivity index (χ0v) is 20.0. The van der Waals surface area contributed by atoms with Crippen molar-refractivity contribution in [2.24, 2.45) is 7.05 Å². The molecule has 0 aliphatic carbocycles. The number of amides is 2. The molecule has 1 fully saturated rings. The topological polar surface area (TPSA) is 84.3 Å². The Bertz CT molecular complexity index is 1410. The maximum atomic E-state index is 12.9. The summed E-state index contributed by atoms with van der Waals surface area (Å²) in [5.74, 6) is 0. The van der Waals surface area contributed by atoms with Crippen LogP contribution < -0.4 is 10.6 Å². The van der Waals surface area contributed by atoms with Crippen molar-refractivity contribution in [3.8, 4) is 11.1 Å². The third-order valence-electron chi connectivity index (χ3n) is 6.24. The Hall–Kier alpha value is -3.96. The van der Waals surface area contributed by atoms with Gasteiger partial charge in [-0.1, -0.05) is 18.2 Å². The van der Waals surface area contributed by atoms with Crippen LogP contribution >= 0.6 is 0 Å². The van der Waals surface area contributed by atoms with Gasteiger partial charge in [-0.3, -0.25) is 14.6 Å². The number of aryl methyl sites for hydroxylation is 1. The Balaban J connectivity index is 1.36. The number of ether oxygens (including phenoxy) is 1. The van der Waals surface area contributed by atoms with Crippen LogP contribution in [0.25, 0.3) is 22.0 Å². The lowest BCUT2D eigenvalue weighted by molar-refractivity contribution is -0.137. The van der Waals surface area contributed by atoms with E-state index < -0.39 is 17.8 Å². The first-order chi connectivity index (χ1) is 17.8. The second-order valence-electron chi connectivity index (χ2n) is 8.77. The van der Waals surface area contributed by atoms with Gasteiger partial charge in [0.05, 0.1) is 42.4 Å². The predicted octanol–water partition coefficient (Wildman–Crippen LogP) is 5.13. The first-order valence-electron chi connectivity index (χ1n) is 11.7. The van der Waals surface area contributed by atoms with E-state index in [1.54, 1.807) is 16.8 Å². The van der Waals surface area contributed by atoms with E-state index in [0.717, 1.165) is 52.9 Å². The lowest BCUT2D eigenvalue weighted by atomic mass is 9.99. The highest BCUT2D eigenvalue weighted by Gasteiger charge is 2.30. The van der Waals surface area contributed by atoms with Crippen LogP contribution in [0.2, 0.25) is 0 Å². The second-order valence-corrected chi connectivity index (χ2v) is 8.77. The molecule has 3 heterocycles. The summed E-state index contributed by atoms with van der Waals surface area (Å²) < 4.78 is 46.1. The van der Waals surface area contributed by atoms with Crippen LogP contribution in [0.15, 0.2) is 60.9 Å². The number of rotatable bonds is 5. The molecular formula is C26H25F3N6O2. The molecule has 0 spiro atoms. The molecule has 0 atom stereocenters. The Morgan fingerprint density at radius 2 is 1.76 bits per heavy atom. The van der Waals surface area contributed by atoms with Gasteiger partial charge in [-0.2, -0.15) is 18.3 Å². The number of halogens is 3. The van der Waals surface area contributed by atoms with Gasteiger partial charge >= 0.3 is 12.2 Å². The van der Waals surface area contributed by atoms with Gasteiger partial charge in [0, 0.05) is 49.0 Å². The van der Waals surface area contributed by atoms with Gasteiger partial charge in [0.25, 0.3) is 0 Å². The van der Waals surface area contributed by atoms with Gasteiger partial charge < -0.3 is 15.4 Å². The number of carbonyl (C=O) groups excluding carboxylic acids is 1. The summed E-state index contributed by atoms with van der Waals surface area (Å²) in [6.07, 6.45) is -0.837. The number of pyridine rings is 1. The van der Waals surface area contributed by atoms with Crippen LogP contribution in [-0.2, 0) is 24.5 Å². The molecule has 5 rings (SSSR count). The van der Waals surface area contributed by atoms with E-state index in [9.17, 15) is 18.0 Å². The molecule has 11 heteroatoms. The highest BCUT2D eigenvalue weighted by Crippen LogP contribution is 2.33. The smallest absolute Gasteiger partial charge is 0.379 e. The third-order valence-corrected chi connectivity index (χ3v) is 6.24. The molecule has 2 aromatic carbocycles. The number of fused-ring (bicyclic) bond motifs is 1. The Morgan fingerprint density at radius 3 is 2.49 bits per heavy atom. The third kappa shape index (κ3) is 5.57. The van der Waals surface area contributed by atoms with Crippen LogP contribution in [0, 0.1) is 0 Å². The summed E-state index contributed by atoms with van der Waals surface area (Å²) in [5.41, 5.74) is 3.42. The van der Waals surface area contributed by atoms with Crippen LogP contribution in [0.1, 0.15) is 11.3 Å². The largest absolute Gasteiger partial charge is 0.416 e. The van der Waals surface area contributed by atoms with E-state index in [4.69, 9.17) is 9.72 Å². The standard InChI is InChI=1S/C26H25F3N6O2/c1-34-23-15-30-22(16-35-9-11-37-12-10-35)24(21(23)14-31-34)17-5-7-19(8-6-17)32-25(36)33-20-4-2-3-18(13-20)26(27,28)29/h2-8,13-15H,9-12,16H2,1H3,(H2,32,33,36). The van der Waals surface area contributed by atoms with Gasteiger partial charge in [0.1, 0.15) is 0 Å². The monoisotopic (exact) mass is 510 g/mol. The van der Waals surface area contributed by atoms with Crippen LogP contribution in [0.4, 0.5) is 29.3 Å². The fourth-order valence-electron chi connectivity index (χ4n) is 4.35. The SMILES string of the molecule is Cn1ncc2c(-c3ccc(NC(=O)Nc4cccc(C(F)(F)F)c4)cc3)c(CN3CCOCC3)ncc21. The van der Waals surface area contributed by atoms with E-state index in [0.29, 0.717) is 25.4 Å². The van der Waals surface area contributed by atoms with Crippen molar-refractivity contribution in [2.45, 2.75) is 12.7 Å². The molecule has 0 saturated carbocycles. The van der Waals surface area contributed by atoms with Crippen LogP contribution in [0.3, 0.4) is 0 Å². The minimum atomic E-state index is -4.49. The Morgan fingerprint density at radius 1 is 1.03 bits per heavy atom. The maximum absolute atomic E-state index is 12.9. The second kappa shape index (κ2) is 10.2. The molecule has 0 unspecified atom stereocenters. The number of anilines is 2. The lowest BCUT2D eigenvalue weighted by Crippen LogP contribution is -2.36. The molecule has 1 aliphatic heterocycles. The number of hydrogen-bond acceptors (Lipinski definition) is 5. The highest BCUT2D eigenvalue weighted by molar-refractivity contribution is 6.00. The number of hydrogen-bond donors (Lipinski definition) is 2. The molecule has 0 bridgehead atoms. The van der Waals surface area contributed by atoms with Crippen LogP contribution in [0.5, 0.6) is 0 Å². The molecule has 2 aromatic heterocycles. The summed E-state index contributed by atoms with van der Waals surface area (Å²) >= 11 is 0. The van der Waals surface area contributed by atoms with Crippen LogP contribution in [-0.4, -0.2) is 52.0 Å². The fourth-order valence-corrected chi connectivity index (χ4v) is 4.35. The van der Waals surface area contributed by atoms with Gasteiger partial charge in [0.15, 0.2) is 0 Å². The fraction of sp³-hybridized carbons (Fsp3) is 0.269. The summed E-state index contributed by atoms with van der Waals surface area (Å²) in [4.78, 5) is 19.5. The maximum Gasteiger partial charge on any atom is 0.416 e. The van der Waals surface area contributed by atoms with Crippen molar-refractivity contribution in [3.05, 3.63) is 72.2 Å². The number of urea groups is 1. The Labute approximate surface area is 211 Å². The quantitative estimate of drug-likeness (QED) is 0.389. The molecule has 2 N–H and O–H groups in total. The van der Waals surface area contributed by atoms with Crippen molar-refractivity contribution in [1.82, 2.24) is 19.7 Å². The molecule has 37 heavy (non-hydrogen) atoms. The number of nitrogens with one attached hydrogen (secondary N) is 2. The van der Waals surface area contributed by atoms with Gasteiger partial charge in [-0.05, 0) is 35.9 Å². The van der Waals surface area contributed by atoms with Gasteiger partial charge in [0.2, 0.25) is 0 Å². The van der Waals surface area contributed by atoms with Crippen molar-refractivity contribution in [3.63, 3.8) is 0 Å². The first-order valence-corrected chi connectivity index (χ1v) is 11.7. The van der Waals surface area contributed by atoms with E-state index in [1.165, 1.54) is 12.1 Å². The molecule has 4 aromatic rings. The molecule has 2 amide bonds. The van der Waals surface area contributed by atoms with Crippen molar-refractivity contribution >= 4 is 28.3 Å². The molecule has 192 valence electrons.